The second-order valence-corrected chi connectivity index (χ2v) is 10.6. The number of nitrogens with zero attached hydrogens (tertiary/aromatic N) is 1. The first-order chi connectivity index (χ1) is 16.9. The third kappa shape index (κ3) is 5.78. The Morgan fingerprint density at radius 1 is 0.914 bits per heavy atom. The summed E-state index contributed by atoms with van der Waals surface area (Å²) in [6, 6.07) is 24.5. The summed E-state index contributed by atoms with van der Waals surface area (Å²) in [5.41, 5.74) is 1.73. The number of benzene rings is 3. The van der Waals surface area contributed by atoms with Crippen LogP contribution in [-0.4, -0.2) is 37.6 Å². The first kappa shape index (κ1) is 24.6. The molecule has 1 heterocycles. The van der Waals surface area contributed by atoms with Crippen LogP contribution in [0, 0.1) is 5.92 Å². The molecule has 1 saturated heterocycles. The van der Waals surface area contributed by atoms with E-state index in [0.29, 0.717) is 30.6 Å². The Labute approximate surface area is 206 Å². The molecule has 182 valence electrons. The lowest BCUT2D eigenvalue weighted by Crippen LogP contribution is -2.43. The molecule has 7 nitrogen and oxygen atoms in total. The number of para-hydroxylation sites is 1. The van der Waals surface area contributed by atoms with E-state index in [-0.39, 0.29) is 29.3 Å². The van der Waals surface area contributed by atoms with Gasteiger partial charge in [-0.15, -0.1) is 0 Å². The summed E-state index contributed by atoms with van der Waals surface area (Å²) >= 11 is 0. The molecule has 2 N–H and O–H groups in total. The van der Waals surface area contributed by atoms with Gasteiger partial charge in [-0.3, -0.25) is 9.59 Å². The number of piperidine rings is 1. The topological polar surface area (TPSA) is 95.6 Å². The van der Waals surface area contributed by atoms with Crippen LogP contribution in [0.25, 0.3) is 0 Å². The van der Waals surface area contributed by atoms with Crippen molar-refractivity contribution < 1.29 is 18.0 Å². The Balaban J connectivity index is 1.45. The molecule has 4 rings (SSSR count). The summed E-state index contributed by atoms with van der Waals surface area (Å²) in [7, 11) is -3.67. The first-order valence-corrected chi connectivity index (χ1v) is 13.1. The molecule has 2 atom stereocenters. The van der Waals surface area contributed by atoms with Crippen LogP contribution in [-0.2, 0) is 14.8 Å². The van der Waals surface area contributed by atoms with Gasteiger partial charge in [0.25, 0.3) is 5.91 Å². The van der Waals surface area contributed by atoms with Crippen molar-refractivity contribution in [3.63, 3.8) is 0 Å². The molecule has 3 aromatic carbocycles. The van der Waals surface area contributed by atoms with Gasteiger partial charge in [0.15, 0.2) is 0 Å². The van der Waals surface area contributed by atoms with E-state index in [2.05, 4.69) is 10.6 Å². The maximum atomic E-state index is 13.1. The average molecular weight is 492 g/mol. The number of carbonyl (C=O) groups is 2. The molecule has 0 radical (unpaired) electrons. The summed E-state index contributed by atoms with van der Waals surface area (Å²) in [5.74, 6) is -1.11. The van der Waals surface area contributed by atoms with Gasteiger partial charge in [0, 0.05) is 13.1 Å². The molecule has 0 aliphatic carbocycles. The highest BCUT2D eigenvalue weighted by Crippen LogP contribution is 2.26. The number of carbonyl (C=O) groups excluding carboxylic acids is 2. The van der Waals surface area contributed by atoms with Crippen molar-refractivity contribution in [2.45, 2.75) is 30.7 Å². The molecular formula is C27H29N3O4S. The molecule has 0 unspecified atom stereocenters. The second kappa shape index (κ2) is 10.8. The SMILES string of the molecule is C[C@H](NC(=O)c1ccccc1NC(=O)[C@H]1CCCN(S(=O)(=O)c2ccccc2)C1)c1ccccc1. The van der Waals surface area contributed by atoms with Crippen LogP contribution in [0.1, 0.15) is 41.7 Å². The van der Waals surface area contributed by atoms with Gasteiger partial charge in [0.1, 0.15) is 0 Å². The second-order valence-electron chi connectivity index (χ2n) is 8.66. The molecule has 35 heavy (non-hydrogen) atoms. The van der Waals surface area contributed by atoms with Crippen LogP contribution in [0.15, 0.2) is 89.8 Å². The number of hydrogen-bond acceptors (Lipinski definition) is 4. The minimum atomic E-state index is -3.67. The fourth-order valence-corrected chi connectivity index (χ4v) is 5.79. The van der Waals surface area contributed by atoms with Crippen molar-refractivity contribution in [3.05, 3.63) is 96.1 Å². The van der Waals surface area contributed by atoms with Crippen molar-refractivity contribution in [1.29, 1.82) is 0 Å². The van der Waals surface area contributed by atoms with E-state index in [1.807, 2.05) is 37.3 Å². The monoisotopic (exact) mass is 491 g/mol. The molecule has 1 aliphatic rings. The van der Waals surface area contributed by atoms with Crippen molar-refractivity contribution in [1.82, 2.24) is 9.62 Å². The van der Waals surface area contributed by atoms with E-state index < -0.39 is 15.9 Å². The van der Waals surface area contributed by atoms with Crippen LogP contribution >= 0.6 is 0 Å². The highest BCUT2D eigenvalue weighted by Gasteiger charge is 2.33. The molecule has 0 spiro atoms. The van der Waals surface area contributed by atoms with Crippen LogP contribution in [0.3, 0.4) is 0 Å². The number of rotatable bonds is 7. The fraction of sp³-hybridized carbons (Fsp3) is 0.259. The maximum absolute atomic E-state index is 13.1. The molecule has 2 amide bonds. The summed E-state index contributed by atoms with van der Waals surface area (Å²) in [4.78, 5) is 26.3. The van der Waals surface area contributed by atoms with Gasteiger partial charge in [0.05, 0.1) is 28.1 Å². The number of sulfonamides is 1. The summed E-state index contributed by atoms with van der Waals surface area (Å²) in [6.45, 7) is 2.37. The normalized spacial score (nSPS) is 17.3. The van der Waals surface area contributed by atoms with E-state index in [4.69, 9.17) is 0 Å². The molecule has 8 heteroatoms. The van der Waals surface area contributed by atoms with Gasteiger partial charge in [-0.05, 0) is 49.6 Å². The first-order valence-electron chi connectivity index (χ1n) is 11.7. The van der Waals surface area contributed by atoms with Gasteiger partial charge in [-0.1, -0.05) is 60.7 Å². The average Bonchev–Trinajstić information content (AvgIpc) is 2.90. The van der Waals surface area contributed by atoms with Gasteiger partial charge in [-0.2, -0.15) is 4.31 Å². The molecule has 0 bridgehead atoms. The third-order valence-electron chi connectivity index (χ3n) is 6.21. The Morgan fingerprint density at radius 3 is 2.26 bits per heavy atom. The van der Waals surface area contributed by atoms with Gasteiger partial charge < -0.3 is 10.6 Å². The molecule has 0 aromatic heterocycles. The summed E-state index contributed by atoms with van der Waals surface area (Å²) < 4.78 is 27.4. The van der Waals surface area contributed by atoms with Crippen molar-refractivity contribution in [2.24, 2.45) is 5.92 Å². The molecule has 3 aromatic rings. The van der Waals surface area contributed by atoms with Crippen LogP contribution in [0.4, 0.5) is 5.69 Å². The van der Waals surface area contributed by atoms with Crippen LogP contribution in [0.5, 0.6) is 0 Å². The van der Waals surface area contributed by atoms with Crippen LogP contribution < -0.4 is 10.6 Å². The zero-order valence-electron chi connectivity index (χ0n) is 19.6. The van der Waals surface area contributed by atoms with Crippen molar-refractivity contribution >= 4 is 27.5 Å². The molecular weight excluding hydrogens is 462 g/mol. The van der Waals surface area contributed by atoms with Gasteiger partial charge in [0.2, 0.25) is 15.9 Å². The van der Waals surface area contributed by atoms with E-state index in [1.165, 1.54) is 4.31 Å². The highest BCUT2D eigenvalue weighted by molar-refractivity contribution is 7.89. The minimum absolute atomic E-state index is 0.0997. The number of hydrogen-bond donors (Lipinski definition) is 2. The van der Waals surface area contributed by atoms with Gasteiger partial charge in [-0.25, -0.2) is 8.42 Å². The lowest BCUT2D eigenvalue weighted by Gasteiger charge is -2.31. The van der Waals surface area contributed by atoms with Crippen molar-refractivity contribution in [3.8, 4) is 0 Å². The quantitative estimate of drug-likeness (QED) is 0.517. The van der Waals surface area contributed by atoms with Crippen molar-refractivity contribution in [2.75, 3.05) is 18.4 Å². The van der Waals surface area contributed by atoms with Crippen LogP contribution in [0.2, 0.25) is 0 Å². The molecule has 1 fully saturated rings. The molecule has 0 saturated carbocycles. The smallest absolute Gasteiger partial charge is 0.253 e. The Kier molecular flexibility index (Phi) is 7.63. The van der Waals surface area contributed by atoms with E-state index in [9.17, 15) is 18.0 Å². The predicted octanol–water partition coefficient (Wildman–Crippen LogP) is 4.22. The fourth-order valence-electron chi connectivity index (χ4n) is 4.24. The lowest BCUT2D eigenvalue weighted by atomic mass is 9.98. The van der Waals surface area contributed by atoms with E-state index >= 15 is 0 Å². The minimum Gasteiger partial charge on any atom is -0.345 e. The zero-order valence-corrected chi connectivity index (χ0v) is 20.4. The predicted molar refractivity (Wildman–Crippen MR) is 135 cm³/mol. The summed E-state index contributed by atoms with van der Waals surface area (Å²) in [6.07, 6.45) is 1.16. The Hall–Kier alpha value is -3.49. The van der Waals surface area contributed by atoms with E-state index in [1.54, 1.807) is 54.6 Å². The van der Waals surface area contributed by atoms with E-state index in [0.717, 1.165) is 5.56 Å². The Bertz CT molecular complexity index is 1280. The zero-order chi connectivity index (χ0) is 24.8. The summed E-state index contributed by atoms with van der Waals surface area (Å²) in [5, 5.41) is 5.84. The standard InChI is InChI=1S/C27H29N3O4S/c1-20(21-11-4-2-5-12-21)28-27(32)24-16-8-9-17-25(24)29-26(31)22-13-10-18-30(19-22)35(33,34)23-14-6-3-7-15-23/h2-9,11-12,14-17,20,22H,10,13,18-19H2,1H3,(H,28,32)(H,29,31)/t20-,22-/m0/s1. The largest absolute Gasteiger partial charge is 0.345 e. The number of nitrogens with one attached hydrogen (secondary N) is 2. The lowest BCUT2D eigenvalue weighted by molar-refractivity contribution is -0.120. The Morgan fingerprint density at radius 2 is 1.54 bits per heavy atom. The number of amides is 2. The number of anilines is 1. The maximum Gasteiger partial charge on any atom is 0.253 e. The third-order valence-corrected chi connectivity index (χ3v) is 8.09. The van der Waals surface area contributed by atoms with Gasteiger partial charge >= 0.3 is 0 Å². The highest BCUT2D eigenvalue weighted by atomic mass is 32.2. The molecule has 1 aliphatic heterocycles.